The van der Waals surface area contributed by atoms with Gasteiger partial charge in [-0.15, -0.1) is 0 Å². The van der Waals surface area contributed by atoms with E-state index in [0.29, 0.717) is 0 Å². The lowest BCUT2D eigenvalue weighted by Crippen LogP contribution is -2.25. The normalized spacial score (nSPS) is 12.3. The van der Waals surface area contributed by atoms with Crippen molar-refractivity contribution >= 4 is 5.97 Å². The van der Waals surface area contributed by atoms with Gasteiger partial charge < -0.3 is 10.5 Å². The summed E-state index contributed by atoms with van der Waals surface area (Å²) in [5.41, 5.74) is 11.2. The zero-order valence-corrected chi connectivity index (χ0v) is 16.1. The van der Waals surface area contributed by atoms with Crippen molar-refractivity contribution in [3.63, 3.8) is 0 Å². The van der Waals surface area contributed by atoms with Gasteiger partial charge in [0.15, 0.2) is 6.23 Å². The van der Waals surface area contributed by atoms with Crippen LogP contribution in [-0.4, -0.2) is 18.7 Å². The first-order valence-corrected chi connectivity index (χ1v) is 10.3. The highest BCUT2D eigenvalue weighted by Gasteiger charge is 2.04. The van der Waals surface area contributed by atoms with Crippen molar-refractivity contribution in [1.29, 1.82) is 0 Å². The van der Waals surface area contributed by atoms with Gasteiger partial charge in [0.25, 0.3) is 0 Å². The van der Waals surface area contributed by atoms with E-state index in [-0.39, 0.29) is 5.97 Å². The van der Waals surface area contributed by atoms with Gasteiger partial charge in [0.1, 0.15) is 0 Å². The van der Waals surface area contributed by atoms with Crippen LogP contribution in [-0.2, 0) is 9.53 Å². The molecule has 0 aliphatic carbocycles. The molecular weight excluding hydrogens is 300 g/mol. The minimum absolute atomic E-state index is 0.283. The molecule has 0 fully saturated rings. The van der Waals surface area contributed by atoms with Gasteiger partial charge in [0.2, 0.25) is 0 Å². The maximum atomic E-state index is 10.7. The van der Waals surface area contributed by atoms with E-state index in [2.05, 4.69) is 0 Å². The molecule has 24 heavy (non-hydrogen) atoms. The molecule has 0 bridgehead atoms. The van der Waals surface area contributed by atoms with E-state index in [9.17, 15) is 4.79 Å². The third kappa shape index (κ3) is 19.4. The molecule has 0 amide bonds. The first-order chi connectivity index (χ1) is 11.7. The smallest absolute Gasteiger partial charge is 0.304 e. The molecule has 4 heteroatoms. The molecule has 0 radical (unpaired) electrons. The standard InChI is InChI=1S/C20H42N2O2/c1-19(23)24-20(22)17-15-13-11-9-7-5-3-2-4-6-8-10-12-14-16-18-21/h20H,2-18,21-22H2,1H3. The van der Waals surface area contributed by atoms with Crippen molar-refractivity contribution < 1.29 is 9.53 Å². The van der Waals surface area contributed by atoms with E-state index in [0.717, 1.165) is 19.4 Å². The predicted molar refractivity (Wildman–Crippen MR) is 103 cm³/mol. The molecule has 0 aliphatic heterocycles. The SMILES string of the molecule is CC(=O)OC(N)CCCCCCCCCCCCCCCCCN. The van der Waals surface area contributed by atoms with Gasteiger partial charge in [-0.05, 0) is 25.8 Å². The van der Waals surface area contributed by atoms with E-state index in [4.69, 9.17) is 16.2 Å². The fraction of sp³-hybridized carbons (Fsp3) is 0.950. The van der Waals surface area contributed by atoms with Crippen molar-refractivity contribution in [3.8, 4) is 0 Å². The Balaban J connectivity index is 3.06. The fourth-order valence-corrected chi connectivity index (χ4v) is 3.06. The number of esters is 1. The summed E-state index contributed by atoms with van der Waals surface area (Å²) in [7, 11) is 0. The first kappa shape index (κ1) is 23.4. The Bertz CT molecular complexity index is 272. The summed E-state index contributed by atoms with van der Waals surface area (Å²) in [5.74, 6) is -0.283. The van der Waals surface area contributed by atoms with Crippen molar-refractivity contribution in [2.24, 2.45) is 11.5 Å². The number of hydrogen-bond acceptors (Lipinski definition) is 4. The molecule has 0 aromatic rings. The Morgan fingerprint density at radius 3 is 1.38 bits per heavy atom. The topological polar surface area (TPSA) is 78.3 Å². The molecular formula is C20H42N2O2. The van der Waals surface area contributed by atoms with Crippen LogP contribution in [0.5, 0.6) is 0 Å². The molecule has 0 aromatic heterocycles. The third-order valence-electron chi connectivity index (χ3n) is 4.51. The van der Waals surface area contributed by atoms with Crippen molar-refractivity contribution in [3.05, 3.63) is 0 Å². The molecule has 0 heterocycles. The van der Waals surface area contributed by atoms with Crippen LogP contribution in [0, 0.1) is 0 Å². The zero-order valence-electron chi connectivity index (χ0n) is 16.1. The number of carbonyl (C=O) groups excluding carboxylic acids is 1. The lowest BCUT2D eigenvalue weighted by atomic mass is 10.0. The molecule has 0 saturated carbocycles. The van der Waals surface area contributed by atoms with Crippen LogP contribution in [0.2, 0.25) is 0 Å². The molecule has 144 valence electrons. The van der Waals surface area contributed by atoms with E-state index >= 15 is 0 Å². The molecule has 0 saturated heterocycles. The first-order valence-electron chi connectivity index (χ1n) is 10.3. The summed E-state index contributed by atoms with van der Waals surface area (Å²) in [6, 6.07) is 0. The fourth-order valence-electron chi connectivity index (χ4n) is 3.06. The number of hydrogen-bond donors (Lipinski definition) is 2. The Labute approximate surface area is 150 Å². The quantitative estimate of drug-likeness (QED) is 0.208. The molecule has 0 aromatic carbocycles. The molecule has 4 N–H and O–H groups in total. The zero-order chi connectivity index (χ0) is 17.9. The number of ether oxygens (including phenoxy) is 1. The molecule has 0 spiro atoms. The highest BCUT2D eigenvalue weighted by atomic mass is 16.5. The van der Waals surface area contributed by atoms with Gasteiger partial charge in [-0.25, -0.2) is 0 Å². The summed E-state index contributed by atoms with van der Waals surface area (Å²) >= 11 is 0. The molecule has 1 atom stereocenters. The van der Waals surface area contributed by atoms with Crippen LogP contribution in [0.25, 0.3) is 0 Å². The van der Waals surface area contributed by atoms with Crippen LogP contribution in [0.3, 0.4) is 0 Å². The van der Waals surface area contributed by atoms with Gasteiger partial charge in [-0.1, -0.05) is 83.5 Å². The average molecular weight is 343 g/mol. The highest BCUT2D eigenvalue weighted by Crippen LogP contribution is 2.14. The van der Waals surface area contributed by atoms with Crippen molar-refractivity contribution in [2.75, 3.05) is 6.54 Å². The van der Waals surface area contributed by atoms with Crippen LogP contribution in [0.15, 0.2) is 0 Å². The van der Waals surface area contributed by atoms with Gasteiger partial charge in [0, 0.05) is 6.92 Å². The minimum atomic E-state index is -0.414. The lowest BCUT2D eigenvalue weighted by molar-refractivity contribution is -0.146. The summed E-state index contributed by atoms with van der Waals surface area (Å²) < 4.78 is 4.91. The van der Waals surface area contributed by atoms with E-state index in [1.807, 2.05) is 0 Å². The monoisotopic (exact) mass is 342 g/mol. The minimum Gasteiger partial charge on any atom is -0.447 e. The third-order valence-corrected chi connectivity index (χ3v) is 4.51. The Morgan fingerprint density at radius 2 is 1.04 bits per heavy atom. The average Bonchev–Trinajstić information content (AvgIpc) is 2.53. The van der Waals surface area contributed by atoms with E-state index in [1.165, 1.54) is 96.8 Å². The summed E-state index contributed by atoms with van der Waals surface area (Å²) in [4.78, 5) is 10.7. The van der Waals surface area contributed by atoms with Crippen LogP contribution in [0.4, 0.5) is 0 Å². The molecule has 1 unspecified atom stereocenters. The van der Waals surface area contributed by atoms with Crippen LogP contribution in [0.1, 0.15) is 110 Å². The number of carbonyl (C=O) groups is 1. The van der Waals surface area contributed by atoms with Crippen molar-refractivity contribution in [1.82, 2.24) is 0 Å². The van der Waals surface area contributed by atoms with Gasteiger partial charge in [-0.2, -0.15) is 0 Å². The van der Waals surface area contributed by atoms with Crippen LogP contribution >= 0.6 is 0 Å². The number of unbranched alkanes of at least 4 members (excludes halogenated alkanes) is 14. The molecule has 0 rings (SSSR count). The summed E-state index contributed by atoms with van der Waals surface area (Å²) in [6.45, 7) is 2.26. The highest BCUT2D eigenvalue weighted by molar-refractivity contribution is 5.66. The second-order valence-electron chi connectivity index (χ2n) is 7.03. The molecule has 4 nitrogen and oxygen atoms in total. The van der Waals surface area contributed by atoms with Crippen LogP contribution < -0.4 is 11.5 Å². The Hall–Kier alpha value is -0.610. The second-order valence-corrected chi connectivity index (χ2v) is 7.03. The maximum absolute atomic E-state index is 10.7. The Morgan fingerprint density at radius 1 is 0.708 bits per heavy atom. The maximum Gasteiger partial charge on any atom is 0.304 e. The van der Waals surface area contributed by atoms with Crippen molar-refractivity contribution in [2.45, 2.75) is 116 Å². The van der Waals surface area contributed by atoms with E-state index < -0.39 is 6.23 Å². The van der Waals surface area contributed by atoms with E-state index in [1.54, 1.807) is 0 Å². The molecule has 0 aliphatic rings. The number of nitrogens with two attached hydrogens (primary N) is 2. The van der Waals surface area contributed by atoms with Gasteiger partial charge in [-0.3, -0.25) is 10.5 Å². The van der Waals surface area contributed by atoms with Gasteiger partial charge in [0.05, 0.1) is 0 Å². The Kier molecular flexibility index (Phi) is 18.2. The predicted octanol–water partition coefficient (Wildman–Crippen LogP) is 5.03. The summed E-state index contributed by atoms with van der Waals surface area (Å²) in [5, 5.41) is 0. The van der Waals surface area contributed by atoms with Gasteiger partial charge >= 0.3 is 5.97 Å². The number of rotatable bonds is 18. The second kappa shape index (κ2) is 18.7. The summed E-state index contributed by atoms with van der Waals surface area (Å²) in [6.07, 6.45) is 20.2. The largest absolute Gasteiger partial charge is 0.447 e. The lowest BCUT2D eigenvalue weighted by Gasteiger charge is -2.10.